The molecule has 10 heteroatoms. The number of aromatic nitrogens is 2. The van der Waals surface area contributed by atoms with Crippen LogP contribution >= 0.6 is 0 Å². The number of urea groups is 1. The third-order valence-electron chi connectivity index (χ3n) is 6.27. The van der Waals surface area contributed by atoms with E-state index in [1.807, 2.05) is 37.2 Å². The van der Waals surface area contributed by atoms with E-state index in [9.17, 15) is 4.79 Å². The second-order valence-electron chi connectivity index (χ2n) is 8.95. The van der Waals surface area contributed by atoms with E-state index in [-0.39, 0.29) is 30.3 Å². The molecule has 2 aromatic carbocycles. The van der Waals surface area contributed by atoms with E-state index in [0.29, 0.717) is 30.4 Å². The highest BCUT2D eigenvalue weighted by Crippen LogP contribution is 2.29. The smallest absolute Gasteiger partial charge is 0.319 e. The highest BCUT2D eigenvalue weighted by atomic mass is 16.6. The van der Waals surface area contributed by atoms with Crippen LogP contribution in [0.25, 0.3) is 11.3 Å². The zero-order valence-corrected chi connectivity index (χ0v) is 20.0. The zero-order valence-electron chi connectivity index (χ0n) is 20.0. The van der Waals surface area contributed by atoms with E-state index in [4.69, 9.17) is 14.7 Å². The van der Waals surface area contributed by atoms with Crippen LogP contribution in [0, 0.1) is 11.3 Å². The molecule has 0 aliphatic carbocycles. The van der Waals surface area contributed by atoms with E-state index in [1.165, 1.54) is 0 Å². The van der Waals surface area contributed by atoms with Crippen molar-refractivity contribution >= 4 is 23.4 Å². The number of carbonyl (C=O) groups is 1. The molecule has 3 N–H and O–H groups in total. The molecule has 36 heavy (non-hydrogen) atoms. The van der Waals surface area contributed by atoms with Crippen molar-refractivity contribution in [2.45, 2.75) is 24.3 Å². The molecule has 10 nitrogen and oxygen atoms in total. The average Bonchev–Trinajstić information content (AvgIpc) is 3.47. The van der Waals surface area contributed by atoms with Gasteiger partial charge in [-0.05, 0) is 36.4 Å². The lowest BCUT2D eigenvalue weighted by Crippen LogP contribution is -2.46. The molecule has 2 aliphatic rings. The second kappa shape index (κ2) is 10.2. The van der Waals surface area contributed by atoms with Gasteiger partial charge in [-0.3, -0.25) is 0 Å². The van der Waals surface area contributed by atoms with Gasteiger partial charge in [0.1, 0.15) is 12.2 Å². The standard InChI is InChI=1S/C26H27N7O3/c1-33(2)19-8-6-17(7-9-19)20-10-11-28-25(30-20)31-21-14-35-24-22(15-36-23(21)24)32-26(34)29-18-5-3-4-16(12-18)13-27/h3-12,21-24H,14-15H2,1-2H3,(H,28,30,31)(H2,29,32,34)/t21-,22+,23-,24+/m1/s1. The molecule has 2 amide bonds. The number of hydrogen-bond acceptors (Lipinski definition) is 8. The van der Waals surface area contributed by atoms with Crippen LogP contribution in [0.3, 0.4) is 0 Å². The molecule has 0 radical (unpaired) electrons. The molecule has 0 unspecified atom stereocenters. The van der Waals surface area contributed by atoms with E-state index in [2.05, 4.69) is 44.1 Å². The zero-order chi connectivity index (χ0) is 25.1. The van der Waals surface area contributed by atoms with Gasteiger partial charge in [0.05, 0.1) is 42.6 Å². The maximum absolute atomic E-state index is 12.5. The summed E-state index contributed by atoms with van der Waals surface area (Å²) in [5, 5.41) is 18.0. The van der Waals surface area contributed by atoms with Gasteiger partial charge >= 0.3 is 6.03 Å². The Morgan fingerprint density at radius 1 is 1.06 bits per heavy atom. The minimum atomic E-state index is -0.379. The van der Waals surface area contributed by atoms with Crippen LogP contribution in [0.15, 0.2) is 60.8 Å². The van der Waals surface area contributed by atoms with Crippen molar-refractivity contribution in [3.63, 3.8) is 0 Å². The summed E-state index contributed by atoms with van der Waals surface area (Å²) < 4.78 is 12.0. The maximum Gasteiger partial charge on any atom is 0.319 e. The Hall–Kier alpha value is -4.20. The number of nitrogens with one attached hydrogen (secondary N) is 3. The Balaban J connectivity index is 1.19. The molecule has 4 atom stereocenters. The number of ether oxygens (including phenoxy) is 2. The van der Waals surface area contributed by atoms with Crippen LogP contribution < -0.4 is 20.9 Å². The first-order valence-electron chi connectivity index (χ1n) is 11.7. The summed E-state index contributed by atoms with van der Waals surface area (Å²) in [6, 6.07) is 18.0. The summed E-state index contributed by atoms with van der Waals surface area (Å²) in [4.78, 5) is 23.6. The van der Waals surface area contributed by atoms with Crippen LogP contribution in [-0.4, -0.2) is 67.6 Å². The Labute approximate surface area is 209 Å². The van der Waals surface area contributed by atoms with Gasteiger partial charge in [0, 0.05) is 37.2 Å². The second-order valence-corrected chi connectivity index (χ2v) is 8.95. The topological polar surface area (TPSA) is 124 Å². The molecule has 3 heterocycles. The molecule has 3 aromatic rings. The van der Waals surface area contributed by atoms with Crippen molar-refractivity contribution in [1.29, 1.82) is 5.26 Å². The lowest BCUT2D eigenvalue weighted by atomic mass is 10.1. The molecule has 0 saturated carbocycles. The van der Waals surface area contributed by atoms with Gasteiger partial charge in [-0.15, -0.1) is 0 Å². The minimum absolute atomic E-state index is 0.150. The minimum Gasteiger partial charge on any atom is -0.378 e. The number of carbonyl (C=O) groups excluding carboxylic acids is 1. The Kier molecular flexibility index (Phi) is 6.66. The van der Waals surface area contributed by atoms with Crippen LogP contribution in [-0.2, 0) is 9.47 Å². The van der Waals surface area contributed by atoms with Crippen molar-refractivity contribution in [3.05, 3.63) is 66.4 Å². The maximum atomic E-state index is 12.5. The van der Waals surface area contributed by atoms with Crippen molar-refractivity contribution < 1.29 is 14.3 Å². The van der Waals surface area contributed by atoms with Crippen molar-refractivity contribution in [3.8, 4) is 17.3 Å². The summed E-state index contributed by atoms with van der Waals surface area (Å²) >= 11 is 0. The SMILES string of the molecule is CN(C)c1ccc(-c2ccnc(N[C@@H]3CO[C@@H]4[C@@H]3OC[C@@H]4NC(=O)Nc3cccc(C#N)c3)n2)cc1. The molecule has 2 saturated heterocycles. The van der Waals surface area contributed by atoms with Crippen LogP contribution in [0.1, 0.15) is 5.56 Å². The quantitative estimate of drug-likeness (QED) is 0.487. The first kappa shape index (κ1) is 23.5. The predicted molar refractivity (Wildman–Crippen MR) is 136 cm³/mol. The Bertz CT molecular complexity index is 1280. The highest BCUT2D eigenvalue weighted by Gasteiger charge is 2.48. The van der Waals surface area contributed by atoms with Gasteiger partial charge in [0.15, 0.2) is 0 Å². The summed E-state index contributed by atoms with van der Waals surface area (Å²) in [5.41, 5.74) is 3.95. The van der Waals surface area contributed by atoms with E-state index in [0.717, 1.165) is 16.9 Å². The number of fused-ring (bicyclic) bond motifs is 1. The van der Waals surface area contributed by atoms with E-state index in [1.54, 1.807) is 30.5 Å². The van der Waals surface area contributed by atoms with Crippen molar-refractivity contribution in [2.75, 3.05) is 42.8 Å². The number of nitriles is 1. The first-order chi connectivity index (χ1) is 17.5. The first-order valence-corrected chi connectivity index (χ1v) is 11.7. The molecule has 1 aromatic heterocycles. The van der Waals surface area contributed by atoms with Crippen molar-refractivity contribution in [2.24, 2.45) is 0 Å². The number of amides is 2. The van der Waals surface area contributed by atoms with Gasteiger partial charge < -0.3 is 30.3 Å². The summed E-state index contributed by atoms with van der Waals surface area (Å²) in [5.74, 6) is 0.494. The fourth-order valence-electron chi connectivity index (χ4n) is 4.43. The lowest BCUT2D eigenvalue weighted by Gasteiger charge is -2.19. The van der Waals surface area contributed by atoms with Crippen LogP contribution in [0.4, 0.5) is 22.1 Å². The lowest BCUT2D eigenvalue weighted by molar-refractivity contribution is 0.0683. The number of hydrogen-bond donors (Lipinski definition) is 3. The number of benzene rings is 2. The van der Waals surface area contributed by atoms with E-state index < -0.39 is 0 Å². The molecular weight excluding hydrogens is 458 g/mol. The van der Waals surface area contributed by atoms with Crippen LogP contribution in [0.2, 0.25) is 0 Å². The number of rotatable bonds is 6. The number of anilines is 3. The summed E-state index contributed by atoms with van der Waals surface area (Å²) in [6.07, 6.45) is 1.19. The van der Waals surface area contributed by atoms with Gasteiger partial charge in [-0.25, -0.2) is 14.8 Å². The summed E-state index contributed by atoms with van der Waals surface area (Å²) in [6.45, 7) is 0.739. The molecule has 0 spiro atoms. The molecular formula is C26H27N7O3. The average molecular weight is 486 g/mol. The predicted octanol–water partition coefficient (Wildman–Crippen LogP) is 2.85. The monoisotopic (exact) mass is 485 g/mol. The number of nitrogens with zero attached hydrogens (tertiary/aromatic N) is 4. The van der Waals surface area contributed by atoms with Crippen molar-refractivity contribution in [1.82, 2.24) is 15.3 Å². The normalized spacial score (nSPS) is 22.4. The van der Waals surface area contributed by atoms with Gasteiger partial charge in [0.2, 0.25) is 5.95 Å². The molecule has 2 fully saturated rings. The van der Waals surface area contributed by atoms with Gasteiger partial charge in [-0.2, -0.15) is 5.26 Å². The third-order valence-corrected chi connectivity index (χ3v) is 6.27. The molecule has 184 valence electrons. The fraction of sp³-hybridized carbons (Fsp3) is 0.308. The third kappa shape index (κ3) is 5.07. The molecule has 0 bridgehead atoms. The fourth-order valence-corrected chi connectivity index (χ4v) is 4.43. The van der Waals surface area contributed by atoms with Gasteiger partial charge in [0.25, 0.3) is 0 Å². The largest absolute Gasteiger partial charge is 0.378 e. The summed E-state index contributed by atoms with van der Waals surface area (Å²) in [7, 11) is 4.01. The van der Waals surface area contributed by atoms with E-state index >= 15 is 0 Å². The highest BCUT2D eigenvalue weighted by molar-refractivity contribution is 5.89. The molecule has 2 aliphatic heterocycles. The van der Waals surface area contributed by atoms with Gasteiger partial charge in [-0.1, -0.05) is 18.2 Å². The Morgan fingerprint density at radius 2 is 1.81 bits per heavy atom. The van der Waals surface area contributed by atoms with Crippen LogP contribution in [0.5, 0.6) is 0 Å². The Morgan fingerprint density at radius 3 is 2.56 bits per heavy atom. The molecule has 5 rings (SSSR count).